The lowest BCUT2D eigenvalue weighted by molar-refractivity contribution is 0.240. The molecule has 0 unspecified atom stereocenters. The number of aromatic nitrogens is 2. The van der Waals surface area contributed by atoms with Crippen molar-refractivity contribution in [3.05, 3.63) is 45.4 Å². The Hall–Kier alpha value is -1.99. The van der Waals surface area contributed by atoms with Crippen molar-refractivity contribution in [3.8, 4) is 11.5 Å². The molecule has 0 bridgehead atoms. The Labute approximate surface area is 131 Å². The van der Waals surface area contributed by atoms with Crippen LogP contribution in [0.2, 0.25) is 0 Å². The maximum absolute atomic E-state index is 12.1. The SMILES string of the molecule is CSc1nc2c(c(=O)[nH]1)CN(Cc1cc(O)cc(O)c1)CC2. The molecule has 2 heterocycles. The van der Waals surface area contributed by atoms with Crippen molar-refractivity contribution < 1.29 is 10.2 Å². The molecule has 2 aromatic rings. The van der Waals surface area contributed by atoms with Crippen molar-refractivity contribution in [2.75, 3.05) is 12.8 Å². The molecule has 7 heteroatoms. The maximum Gasteiger partial charge on any atom is 0.256 e. The summed E-state index contributed by atoms with van der Waals surface area (Å²) in [6.07, 6.45) is 2.60. The zero-order valence-electron chi connectivity index (χ0n) is 12.2. The predicted octanol–water partition coefficient (Wildman–Crippen LogP) is 1.46. The number of aromatic hydroxyl groups is 2. The molecule has 22 heavy (non-hydrogen) atoms. The van der Waals surface area contributed by atoms with Crippen LogP contribution in [0.15, 0.2) is 28.2 Å². The van der Waals surface area contributed by atoms with Crippen LogP contribution in [0, 0.1) is 0 Å². The van der Waals surface area contributed by atoms with Gasteiger partial charge in [-0.05, 0) is 24.0 Å². The Bertz CT molecular complexity index is 740. The van der Waals surface area contributed by atoms with Crippen LogP contribution in [0.4, 0.5) is 0 Å². The predicted molar refractivity (Wildman–Crippen MR) is 84.2 cm³/mol. The lowest BCUT2D eigenvalue weighted by Gasteiger charge is -2.27. The van der Waals surface area contributed by atoms with Gasteiger partial charge in [0.15, 0.2) is 5.16 Å². The third-order valence-electron chi connectivity index (χ3n) is 3.69. The molecule has 1 aromatic heterocycles. The minimum Gasteiger partial charge on any atom is -0.508 e. The molecule has 3 rings (SSSR count). The summed E-state index contributed by atoms with van der Waals surface area (Å²) in [5.41, 5.74) is 2.29. The molecule has 0 fully saturated rings. The molecule has 0 saturated carbocycles. The second-order valence-corrected chi connectivity index (χ2v) is 6.11. The first-order chi connectivity index (χ1) is 10.5. The van der Waals surface area contributed by atoms with Crippen molar-refractivity contribution in [1.29, 1.82) is 0 Å². The summed E-state index contributed by atoms with van der Waals surface area (Å²) in [7, 11) is 0. The fourth-order valence-corrected chi connectivity index (χ4v) is 3.09. The van der Waals surface area contributed by atoms with E-state index >= 15 is 0 Å². The Morgan fingerprint density at radius 3 is 2.73 bits per heavy atom. The highest BCUT2D eigenvalue weighted by Crippen LogP contribution is 2.23. The van der Waals surface area contributed by atoms with Crippen molar-refractivity contribution in [2.45, 2.75) is 24.7 Å². The van der Waals surface area contributed by atoms with E-state index in [1.54, 1.807) is 12.1 Å². The molecule has 3 N–H and O–H groups in total. The van der Waals surface area contributed by atoms with Gasteiger partial charge in [0.25, 0.3) is 5.56 Å². The van der Waals surface area contributed by atoms with E-state index in [1.807, 2.05) is 6.26 Å². The van der Waals surface area contributed by atoms with Crippen LogP contribution in [0.1, 0.15) is 16.8 Å². The summed E-state index contributed by atoms with van der Waals surface area (Å²) in [5, 5.41) is 19.7. The summed E-state index contributed by atoms with van der Waals surface area (Å²) in [6.45, 7) is 1.86. The number of fused-ring (bicyclic) bond motifs is 1. The molecule has 0 aliphatic carbocycles. The molecule has 6 nitrogen and oxygen atoms in total. The zero-order chi connectivity index (χ0) is 15.7. The van der Waals surface area contributed by atoms with E-state index < -0.39 is 0 Å². The highest BCUT2D eigenvalue weighted by atomic mass is 32.2. The van der Waals surface area contributed by atoms with Gasteiger partial charge in [0.1, 0.15) is 11.5 Å². The van der Waals surface area contributed by atoms with Gasteiger partial charge < -0.3 is 15.2 Å². The summed E-state index contributed by atoms with van der Waals surface area (Å²) in [5.74, 6) is 0.0769. The van der Waals surface area contributed by atoms with E-state index in [0.29, 0.717) is 23.8 Å². The van der Waals surface area contributed by atoms with Crippen molar-refractivity contribution in [1.82, 2.24) is 14.9 Å². The van der Waals surface area contributed by atoms with Gasteiger partial charge in [-0.15, -0.1) is 0 Å². The summed E-state index contributed by atoms with van der Waals surface area (Å²) in [6, 6.07) is 4.54. The van der Waals surface area contributed by atoms with Gasteiger partial charge in [0.05, 0.1) is 11.3 Å². The number of hydrogen-bond acceptors (Lipinski definition) is 6. The van der Waals surface area contributed by atoms with E-state index in [-0.39, 0.29) is 17.1 Å². The number of phenols is 2. The average Bonchev–Trinajstić information content (AvgIpc) is 2.46. The van der Waals surface area contributed by atoms with Crippen LogP contribution in [-0.2, 0) is 19.5 Å². The van der Waals surface area contributed by atoms with Crippen LogP contribution in [0.25, 0.3) is 0 Å². The van der Waals surface area contributed by atoms with Crippen LogP contribution in [-0.4, -0.2) is 37.9 Å². The normalized spacial score (nSPS) is 14.8. The lowest BCUT2D eigenvalue weighted by atomic mass is 10.1. The van der Waals surface area contributed by atoms with E-state index in [2.05, 4.69) is 14.9 Å². The van der Waals surface area contributed by atoms with Gasteiger partial charge in [0, 0.05) is 32.1 Å². The first kappa shape index (κ1) is 14.9. The number of phenolic OH excluding ortho intramolecular Hbond substituents is 2. The number of thioether (sulfide) groups is 1. The van der Waals surface area contributed by atoms with Gasteiger partial charge in [-0.1, -0.05) is 11.8 Å². The van der Waals surface area contributed by atoms with Crippen LogP contribution in [0.5, 0.6) is 11.5 Å². The minimum atomic E-state index is -0.0854. The molecule has 1 aromatic carbocycles. The summed E-state index contributed by atoms with van der Waals surface area (Å²) < 4.78 is 0. The first-order valence-electron chi connectivity index (χ1n) is 6.95. The number of nitrogens with one attached hydrogen (secondary N) is 1. The molecule has 0 amide bonds. The number of aromatic amines is 1. The van der Waals surface area contributed by atoms with Crippen molar-refractivity contribution in [2.24, 2.45) is 0 Å². The fraction of sp³-hybridized carbons (Fsp3) is 0.333. The molecule has 0 radical (unpaired) electrons. The third kappa shape index (κ3) is 3.10. The summed E-state index contributed by atoms with van der Waals surface area (Å²) in [4.78, 5) is 21.5. The van der Waals surface area contributed by atoms with Gasteiger partial charge >= 0.3 is 0 Å². The lowest BCUT2D eigenvalue weighted by Crippen LogP contribution is -2.35. The first-order valence-corrected chi connectivity index (χ1v) is 8.18. The highest BCUT2D eigenvalue weighted by molar-refractivity contribution is 7.98. The molecule has 0 spiro atoms. The Morgan fingerprint density at radius 2 is 2.05 bits per heavy atom. The Morgan fingerprint density at radius 1 is 1.32 bits per heavy atom. The highest BCUT2D eigenvalue weighted by Gasteiger charge is 2.21. The van der Waals surface area contributed by atoms with E-state index in [1.165, 1.54) is 17.8 Å². The number of benzene rings is 1. The van der Waals surface area contributed by atoms with Crippen molar-refractivity contribution >= 4 is 11.8 Å². The largest absolute Gasteiger partial charge is 0.508 e. The second kappa shape index (κ2) is 6.02. The number of H-pyrrole nitrogens is 1. The third-order valence-corrected chi connectivity index (χ3v) is 4.27. The number of nitrogens with zero attached hydrogens (tertiary/aromatic N) is 2. The van der Waals surface area contributed by atoms with E-state index in [4.69, 9.17) is 0 Å². The molecule has 1 aliphatic rings. The standard InChI is InChI=1S/C15H17N3O3S/c1-22-15-16-13-2-3-18(8-12(13)14(21)17-15)7-9-4-10(19)6-11(20)5-9/h4-6,19-20H,2-3,7-8H2,1H3,(H,16,17,21). The fourth-order valence-electron chi connectivity index (χ4n) is 2.70. The topological polar surface area (TPSA) is 89.5 Å². The van der Waals surface area contributed by atoms with Crippen LogP contribution < -0.4 is 5.56 Å². The van der Waals surface area contributed by atoms with Crippen LogP contribution in [0.3, 0.4) is 0 Å². The van der Waals surface area contributed by atoms with Gasteiger partial charge in [-0.2, -0.15) is 0 Å². The molecular formula is C15H17N3O3S. The van der Waals surface area contributed by atoms with Gasteiger partial charge in [0.2, 0.25) is 0 Å². The second-order valence-electron chi connectivity index (χ2n) is 5.32. The molecular weight excluding hydrogens is 302 g/mol. The Balaban J connectivity index is 1.81. The summed E-state index contributed by atoms with van der Waals surface area (Å²) >= 11 is 1.43. The average molecular weight is 319 g/mol. The zero-order valence-corrected chi connectivity index (χ0v) is 13.0. The molecule has 0 saturated heterocycles. The maximum atomic E-state index is 12.1. The molecule has 116 valence electrons. The molecule has 1 aliphatic heterocycles. The quantitative estimate of drug-likeness (QED) is 0.586. The Kier molecular flexibility index (Phi) is 4.08. The van der Waals surface area contributed by atoms with E-state index in [0.717, 1.165) is 24.2 Å². The van der Waals surface area contributed by atoms with Crippen molar-refractivity contribution in [3.63, 3.8) is 0 Å². The number of hydrogen-bond donors (Lipinski definition) is 3. The van der Waals surface area contributed by atoms with E-state index in [9.17, 15) is 15.0 Å². The number of rotatable bonds is 3. The van der Waals surface area contributed by atoms with Gasteiger partial charge in [-0.3, -0.25) is 9.69 Å². The smallest absolute Gasteiger partial charge is 0.256 e. The van der Waals surface area contributed by atoms with Crippen LogP contribution >= 0.6 is 11.8 Å². The minimum absolute atomic E-state index is 0.0385. The molecule has 0 atom stereocenters. The monoisotopic (exact) mass is 319 g/mol. The van der Waals surface area contributed by atoms with Gasteiger partial charge in [-0.25, -0.2) is 4.98 Å².